The third kappa shape index (κ3) is 6.98. The first-order valence-electron chi connectivity index (χ1n) is 12.7. The number of rotatable bonds is 4. The van der Waals surface area contributed by atoms with Gasteiger partial charge in [-0.3, -0.25) is 9.59 Å². The van der Waals surface area contributed by atoms with E-state index in [9.17, 15) is 9.59 Å². The molecule has 1 aromatic rings. The van der Waals surface area contributed by atoms with E-state index in [-0.39, 0.29) is 11.9 Å². The van der Waals surface area contributed by atoms with Gasteiger partial charge in [0.25, 0.3) is 5.91 Å². The van der Waals surface area contributed by atoms with Crippen molar-refractivity contribution < 1.29 is 14.3 Å². The topological polar surface area (TPSA) is 49.9 Å². The molecule has 2 amide bonds. The lowest BCUT2D eigenvalue weighted by atomic mass is 9.99. The van der Waals surface area contributed by atoms with Crippen molar-refractivity contribution in [3.63, 3.8) is 0 Å². The molecule has 32 heavy (non-hydrogen) atoms. The molecule has 0 bridgehead atoms. The minimum Gasteiger partial charge on any atom is -0.491 e. The highest BCUT2D eigenvalue weighted by Crippen LogP contribution is 2.29. The number of nitrogens with zero attached hydrogens (tertiary/aromatic N) is 2. The van der Waals surface area contributed by atoms with Gasteiger partial charge in [0, 0.05) is 26.6 Å². The normalized spacial score (nSPS) is 21.9. The SMILES string of the molecule is CC(C)C[C@H]1COc2ccccc2C(=O)N(C)CCCCCCN1C(=O)CC1CCCC1. The van der Waals surface area contributed by atoms with Gasteiger partial charge in [-0.15, -0.1) is 0 Å². The van der Waals surface area contributed by atoms with Crippen LogP contribution in [0.5, 0.6) is 5.75 Å². The minimum absolute atomic E-state index is 0.00670. The molecular formula is C27H42N2O3. The van der Waals surface area contributed by atoms with Crippen molar-refractivity contribution in [3.05, 3.63) is 29.8 Å². The number of benzene rings is 1. The predicted molar refractivity (Wildman–Crippen MR) is 129 cm³/mol. The Kier molecular flexibility index (Phi) is 9.43. The van der Waals surface area contributed by atoms with E-state index in [1.807, 2.05) is 31.3 Å². The molecule has 178 valence electrons. The van der Waals surface area contributed by atoms with E-state index >= 15 is 0 Å². The Hall–Kier alpha value is -2.04. The number of hydrogen-bond acceptors (Lipinski definition) is 3. The van der Waals surface area contributed by atoms with Crippen molar-refractivity contribution in [2.24, 2.45) is 11.8 Å². The van der Waals surface area contributed by atoms with Gasteiger partial charge in [0.15, 0.2) is 0 Å². The highest BCUT2D eigenvalue weighted by atomic mass is 16.5. The van der Waals surface area contributed by atoms with Crippen LogP contribution in [0.25, 0.3) is 0 Å². The van der Waals surface area contributed by atoms with Crippen molar-refractivity contribution in [2.75, 3.05) is 26.7 Å². The molecule has 1 atom stereocenters. The molecule has 0 N–H and O–H groups in total. The van der Waals surface area contributed by atoms with E-state index in [1.54, 1.807) is 4.90 Å². The predicted octanol–water partition coefficient (Wildman–Crippen LogP) is 5.54. The summed E-state index contributed by atoms with van der Waals surface area (Å²) < 4.78 is 6.27. The van der Waals surface area contributed by atoms with Crippen LogP contribution >= 0.6 is 0 Å². The molecule has 1 aromatic carbocycles. The van der Waals surface area contributed by atoms with E-state index in [0.29, 0.717) is 42.1 Å². The minimum atomic E-state index is 0.00670. The lowest BCUT2D eigenvalue weighted by molar-refractivity contribution is -0.135. The largest absolute Gasteiger partial charge is 0.491 e. The van der Waals surface area contributed by atoms with Crippen LogP contribution in [-0.4, -0.2) is 54.4 Å². The summed E-state index contributed by atoms with van der Waals surface area (Å²) in [6.45, 7) is 6.40. The van der Waals surface area contributed by atoms with Gasteiger partial charge in [-0.25, -0.2) is 0 Å². The van der Waals surface area contributed by atoms with Crippen LogP contribution < -0.4 is 4.74 Å². The van der Waals surface area contributed by atoms with Gasteiger partial charge in [-0.05, 0) is 56.1 Å². The van der Waals surface area contributed by atoms with Gasteiger partial charge in [0.2, 0.25) is 5.91 Å². The zero-order valence-electron chi connectivity index (χ0n) is 20.4. The molecule has 0 spiro atoms. The summed E-state index contributed by atoms with van der Waals surface area (Å²) in [6.07, 6.45) is 10.6. The molecule has 5 nitrogen and oxygen atoms in total. The molecule has 3 rings (SSSR count). The molecular weight excluding hydrogens is 400 g/mol. The molecule has 1 heterocycles. The maximum absolute atomic E-state index is 13.4. The van der Waals surface area contributed by atoms with Crippen molar-refractivity contribution in [1.82, 2.24) is 9.80 Å². The molecule has 0 radical (unpaired) electrons. The fourth-order valence-electron chi connectivity index (χ4n) is 5.17. The number of ether oxygens (including phenoxy) is 1. The number of fused-ring (bicyclic) bond motifs is 1. The number of para-hydroxylation sites is 1. The first-order valence-corrected chi connectivity index (χ1v) is 12.7. The van der Waals surface area contributed by atoms with Crippen molar-refractivity contribution in [2.45, 2.75) is 84.1 Å². The lowest BCUT2D eigenvalue weighted by Crippen LogP contribution is -2.45. The Bertz CT molecular complexity index is 742. The Morgan fingerprint density at radius 1 is 1.03 bits per heavy atom. The average Bonchev–Trinajstić information content (AvgIpc) is 3.28. The maximum Gasteiger partial charge on any atom is 0.257 e. The van der Waals surface area contributed by atoms with Crippen LogP contribution in [0.1, 0.15) is 88.4 Å². The molecule has 0 saturated heterocycles. The lowest BCUT2D eigenvalue weighted by Gasteiger charge is -2.34. The van der Waals surface area contributed by atoms with E-state index in [1.165, 1.54) is 25.7 Å². The third-order valence-electron chi connectivity index (χ3n) is 6.98. The van der Waals surface area contributed by atoms with Crippen molar-refractivity contribution in [3.8, 4) is 5.75 Å². The summed E-state index contributed by atoms with van der Waals surface area (Å²) >= 11 is 0. The average molecular weight is 443 g/mol. The summed E-state index contributed by atoms with van der Waals surface area (Å²) in [5.41, 5.74) is 0.610. The fraction of sp³-hybridized carbons (Fsp3) is 0.704. The zero-order chi connectivity index (χ0) is 22.9. The summed E-state index contributed by atoms with van der Waals surface area (Å²) in [5, 5.41) is 0. The Labute approximate surface area is 194 Å². The molecule has 1 aliphatic carbocycles. The van der Waals surface area contributed by atoms with Crippen LogP contribution in [0, 0.1) is 11.8 Å². The van der Waals surface area contributed by atoms with E-state index < -0.39 is 0 Å². The molecule has 1 fully saturated rings. The smallest absolute Gasteiger partial charge is 0.257 e. The standard InChI is InChI=1S/C27H42N2O3/c1-21(2)18-23-20-32-25-15-9-8-14-24(25)27(31)28(3)16-10-4-5-11-17-29(23)26(30)19-22-12-6-7-13-22/h8-9,14-15,21-23H,4-7,10-13,16-20H2,1-3H3/t23-/m0/s1. The number of hydrogen-bond donors (Lipinski definition) is 0. The van der Waals surface area contributed by atoms with Gasteiger partial charge < -0.3 is 14.5 Å². The maximum atomic E-state index is 13.4. The van der Waals surface area contributed by atoms with Crippen LogP contribution in [0.15, 0.2) is 24.3 Å². The molecule has 0 unspecified atom stereocenters. The first kappa shape index (κ1) is 24.6. The summed E-state index contributed by atoms with van der Waals surface area (Å²) in [7, 11) is 1.87. The van der Waals surface area contributed by atoms with E-state index in [0.717, 1.165) is 45.2 Å². The zero-order valence-corrected chi connectivity index (χ0v) is 20.4. The molecule has 1 saturated carbocycles. The van der Waals surface area contributed by atoms with Gasteiger partial charge >= 0.3 is 0 Å². The second-order valence-corrected chi connectivity index (χ2v) is 10.2. The van der Waals surface area contributed by atoms with Crippen LogP contribution in [0.4, 0.5) is 0 Å². The Balaban J connectivity index is 1.82. The van der Waals surface area contributed by atoms with Crippen molar-refractivity contribution >= 4 is 11.8 Å². The van der Waals surface area contributed by atoms with Crippen LogP contribution in [0.2, 0.25) is 0 Å². The highest BCUT2D eigenvalue weighted by molar-refractivity contribution is 5.96. The van der Waals surface area contributed by atoms with Gasteiger partial charge in [-0.1, -0.05) is 51.7 Å². The van der Waals surface area contributed by atoms with E-state index in [4.69, 9.17) is 4.74 Å². The number of carbonyl (C=O) groups is 2. The summed E-state index contributed by atoms with van der Waals surface area (Å²) in [6, 6.07) is 7.56. The molecule has 1 aliphatic heterocycles. The molecule has 0 aromatic heterocycles. The van der Waals surface area contributed by atoms with Crippen molar-refractivity contribution in [1.29, 1.82) is 0 Å². The number of carbonyl (C=O) groups excluding carboxylic acids is 2. The molecule has 5 heteroatoms. The second-order valence-electron chi connectivity index (χ2n) is 10.2. The quantitative estimate of drug-likeness (QED) is 0.615. The summed E-state index contributed by atoms with van der Waals surface area (Å²) in [4.78, 5) is 30.4. The Morgan fingerprint density at radius 3 is 2.44 bits per heavy atom. The molecule has 2 aliphatic rings. The van der Waals surface area contributed by atoms with Crippen LogP contribution in [0.3, 0.4) is 0 Å². The monoisotopic (exact) mass is 442 g/mol. The summed E-state index contributed by atoms with van der Waals surface area (Å²) in [5.74, 6) is 1.94. The van der Waals surface area contributed by atoms with E-state index in [2.05, 4.69) is 18.7 Å². The first-order chi connectivity index (χ1) is 15.5. The van der Waals surface area contributed by atoms with Gasteiger partial charge in [-0.2, -0.15) is 0 Å². The van der Waals surface area contributed by atoms with Gasteiger partial charge in [0.05, 0.1) is 11.6 Å². The fourth-order valence-corrected chi connectivity index (χ4v) is 5.17. The third-order valence-corrected chi connectivity index (χ3v) is 6.98. The highest BCUT2D eigenvalue weighted by Gasteiger charge is 2.29. The van der Waals surface area contributed by atoms with Gasteiger partial charge in [0.1, 0.15) is 12.4 Å². The Morgan fingerprint density at radius 2 is 1.72 bits per heavy atom. The van der Waals surface area contributed by atoms with Crippen LogP contribution in [-0.2, 0) is 4.79 Å². The second kappa shape index (κ2) is 12.3. The number of amides is 2.